The summed E-state index contributed by atoms with van der Waals surface area (Å²) >= 11 is 5.33. The van der Waals surface area contributed by atoms with E-state index in [1.54, 1.807) is 43.9 Å². The van der Waals surface area contributed by atoms with Crippen LogP contribution in [0.5, 0.6) is 11.5 Å². The van der Waals surface area contributed by atoms with E-state index in [0.717, 1.165) is 5.56 Å². The highest BCUT2D eigenvalue weighted by molar-refractivity contribution is 7.71. The van der Waals surface area contributed by atoms with Gasteiger partial charge in [-0.15, -0.1) is 5.10 Å². The lowest BCUT2D eigenvalue weighted by molar-refractivity contribution is 0.373. The number of benzene rings is 1. The van der Waals surface area contributed by atoms with Crippen molar-refractivity contribution in [3.63, 3.8) is 0 Å². The standard InChI is InChI=1S/C15H14N6O2S/c1-20-15(24)21(14(19-20)13-16-6-3-7-17-13)18-9-10-4-5-11(22)12(8-10)23-2/h3-9,22H,1-2H3/b18-9+. The largest absolute Gasteiger partial charge is 0.504 e. The Bertz CT molecular complexity index is 948. The van der Waals surface area contributed by atoms with Crippen LogP contribution >= 0.6 is 12.2 Å². The second-order valence-electron chi connectivity index (χ2n) is 4.79. The minimum Gasteiger partial charge on any atom is -0.504 e. The second kappa shape index (κ2) is 6.59. The molecule has 3 aromatic rings. The van der Waals surface area contributed by atoms with Gasteiger partial charge in [-0.05, 0) is 42.0 Å². The van der Waals surface area contributed by atoms with Gasteiger partial charge < -0.3 is 9.84 Å². The van der Waals surface area contributed by atoms with Crippen LogP contribution in [0.4, 0.5) is 0 Å². The molecule has 1 N–H and O–H groups in total. The number of nitrogens with zero attached hydrogens (tertiary/aromatic N) is 6. The number of methoxy groups -OCH3 is 1. The van der Waals surface area contributed by atoms with Gasteiger partial charge in [0.05, 0.1) is 13.3 Å². The smallest absolute Gasteiger partial charge is 0.221 e. The van der Waals surface area contributed by atoms with E-state index in [1.807, 2.05) is 0 Å². The molecule has 0 atom stereocenters. The van der Waals surface area contributed by atoms with E-state index in [4.69, 9.17) is 17.0 Å². The fraction of sp³-hybridized carbons (Fsp3) is 0.133. The minimum absolute atomic E-state index is 0.0611. The number of aromatic nitrogens is 5. The van der Waals surface area contributed by atoms with Crippen molar-refractivity contribution < 1.29 is 9.84 Å². The van der Waals surface area contributed by atoms with Crippen LogP contribution in [0.2, 0.25) is 0 Å². The van der Waals surface area contributed by atoms with Crippen molar-refractivity contribution in [2.45, 2.75) is 0 Å². The SMILES string of the molecule is COc1cc(/C=N/n2c(-c3ncccn3)nn(C)c2=S)ccc1O. The number of aryl methyl sites for hydroxylation is 1. The summed E-state index contributed by atoms with van der Waals surface area (Å²) in [6, 6.07) is 6.62. The quantitative estimate of drug-likeness (QED) is 0.576. The summed E-state index contributed by atoms with van der Waals surface area (Å²) in [5.74, 6) is 1.28. The average Bonchev–Trinajstić information content (AvgIpc) is 2.90. The molecule has 0 aliphatic heterocycles. The molecule has 0 bridgehead atoms. The highest BCUT2D eigenvalue weighted by Crippen LogP contribution is 2.25. The van der Waals surface area contributed by atoms with E-state index in [2.05, 4.69) is 20.2 Å². The van der Waals surface area contributed by atoms with Crippen LogP contribution < -0.4 is 4.74 Å². The van der Waals surface area contributed by atoms with E-state index in [1.165, 1.54) is 22.5 Å². The second-order valence-corrected chi connectivity index (χ2v) is 5.15. The number of phenols is 1. The van der Waals surface area contributed by atoms with E-state index in [0.29, 0.717) is 22.2 Å². The van der Waals surface area contributed by atoms with Gasteiger partial charge in [-0.1, -0.05) is 0 Å². The zero-order valence-electron chi connectivity index (χ0n) is 13.0. The summed E-state index contributed by atoms with van der Waals surface area (Å²) in [6.07, 6.45) is 4.84. The first-order valence-corrected chi connectivity index (χ1v) is 7.36. The summed E-state index contributed by atoms with van der Waals surface area (Å²) in [5, 5.41) is 18.3. The van der Waals surface area contributed by atoms with E-state index >= 15 is 0 Å². The van der Waals surface area contributed by atoms with Crippen LogP contribution in [0.25, 0.3) is 11.6 Å². The van der Waals surface area contributed by atoms with Gasteiger partial charge in [0.25, 0.3) is 0 Å². The number of phenolic OH excluding ortho intramolecular Hbond substituents is 1. The molecule has 0 fully saturated rings. The first-order chi connectivity index (χ1) is 11.6. The van der Waals surface area contributed by atoms with Crippen molar-refractivity contribution in [3.05, 3.63) is 47.0 Å². The Morgan fingerprint density at radius 1 is 1.29 bits per heavy atom. The zero-order chi connectivity index (χ0) is 17.1. The minimum atomic E-state index is 0.0611. The summed E-state index contributed by atoms with van der Waals surface area (Å²) in [7, 11) is 3.21. The molecule has 8 nitrogen and oxygen atoms in total. The fourth-order valence-corrected chi connectivity index (χ4v) is 2.19. The first-order valence-electron chi connectivity index (χ1n) is 6.95. The van der Waals surface area contributed by atoms with Gasteiger partial charge in [0.1, 0.15) is 0 Å². The summed E-state index contributed by atoms with van der Waals surface area (Å²) < 4.78 is 8.49. The van der Waals surface area contributed by atoms with Crippen LogP contribution in [-0.2, 0) is 7.05 Å². The molecular formula is C15H14N6O2S. The Morgan fingerprint density at radius 2 is 2.04 bits per heavy atom. The van der Waals surface area contributed by atoms with Crippen molar-refractivity contribution in [3.8, 4) is 23.1 Å². The number of rotatable bonds is 4. The summed E-state index contributed by atoms with van der Waals surface area (Å²) in [6.45, 7) is 0. The summed E-state index contributed by atoms with van der Waals surface area (Å²) in [4.78, 5) is 8.35. The van der Waals surface area contributed by atoms with Crippen molar-refractivity contribution >= 4 is 18.4 Å². The molecule has 0 aliphatic carbocycles. The van der Waals surface area contributed by atoms with E-state index < -0.39 is 0 Å². The fourth-order valence-electron chi connectivity index (χ4n) is 2.01. The van der Waals surface area contributed by atoms with Crippen molar-refractivity contribution in [1.82, 2.24) is 24.4 Å². The number of aromatic hydroxyl groups is 1. The number of hydrogen-bond donors (Lipinski definition) is 1. The Hall–Kier alpha value is -3.07. The Kier molecular flexibility index (Phi) is 4.34. The molecule has 0 spiro atoms. The molecule has 0 unspecified atom stereocenters. The molecule has 0 saturated heterocycles. The molecule has 0 saturated carbocycles. The van der Waals surface area contributed by atoms with E-state index in [9.17, 15) is 5.11 Å². The average molecular weight is 342 g/mol. The van der Waals surface area contributed by atoms with Crippen LogP contribution in [0.15, 0.2) is 41.8 Å². The van der Waals surface area contributed by atoms with Crippen LogP contribution in [0.1, 0.15) is 5.56 Å². The molecule has 3 rings (SSSR count). The lowest BCUT2D eigenvalue weighted by Crippen LogP contribution is -1.98. The maximum atomic E-state index is 9.64. The molecule has 0 radical (unpaired) electrons. The predicted octanol–water partition coefficient (Wildman–Crippen LogP) is 2.00. The molecule has 1 aromatic carbocycles. The van der Waals surface area contributed by atoms with Crippen LogP contribution in [0.3, 0.4) is 0 Å². The van der Waals surface area contributed by atoms with Gasteiger partial charge in [0.2, 0.25) is 10.6 Å². The number of hydrogen-bond acceptors (Lipinski definition) is 7. The maximum Gasteiger partial charge on any atom is 0.221 e. The van der Waals surface area contributed by atoms with Crippen LogP contribution in [-0.4, -0.2) is 42.9 Å². The zero-order valence-corrected chi connectivity index (χ0v) is 13.8. The topological polar surface area (TPSA) is 90.4 Å². The molecule has 122 valence electrons. The Morgan fingerprint density at radius 3 is 2.75 bits per heavy atom. The van der Waals surface area contributed by atoms with Gasteiger partial charge in [-0.3, -0.25) is 0 Å². The molecule has 0 aliphatic rings. The van der Waals surface area contributed by atoms with Crippen molar-refractivity contribution in [2.75, 3.05) is 7.11 Å². The molecule has 2 aromatic heterocycles. The predicted molar refractivity (Wildman–Crippen MR) is 90.7 cm³/mol. The Balaban J connectivity index is 2.03. The van der Waals surface area contributed by atoms with Gasteiger partial charge in [-0.2, -0.15) is 9.78 Å². The maximum absolute atomic E-state index is 9.64. The van der Waals surface area contributed by atoms with Crippen LogP contribution in [0, 0.1) is 4.77 Å². The highest BCUT2D eigenvalue weighted by atomic mass is 32.1. The van der Waals surface area contributed by atoms with Crippen molar-refractivity contribution in [1.29, 1.82) is 0 Å². The summed E-state index contributed by atoms with van der Waals surface area (Å²) in [5.41, 5.74) is 0.732. The monoisotopic (exact) mass is 342 g/mol. The molecular weight excluding hydrogens is 328 g/mol. The third kappa shape index (κ3) is 3.01. The third-order valence-corrected chi connectivity index (χ3v) is 3.63. The van der Waals surface area contributed by atoms with Gasteiger partial charge in [0.15, 0.2) is 17.3 Å². The van der Waals surface area contributed by atoms with Gasteiger partial charge >= 0.3 is 0 Å². The first kappa shape index (κ1) is 15.8. The normalized spacial score (nSPS) is 11.1. The highest BCUT2D eigenvalue weighted by Gasteiger charge is 2.12. The number of ether oxygens (including phenoxy) is 1. The molecule has 2 heterocycles. The molecule has 0 amide bonds. The lowest BCUT2D eigenvalue weighted by Gasteiger charge is -2.03. The third-order valence-electron chi connectivity index (χ3n) is 3.20. The molecule has 24 heavy (non-hydrogen) atoms. The van der Waals surface area contributed by atoms with Gasteiger partial charge in [-0.25, -0.2) is 14.6 Å². The van der Waals surface area contributed by atoms with Gasteiger partial charge in [0, 0.05) is 19.4 Å². The van der Waals surface area contributed by atoms with Crippen molar-refractivity contribution in [2.24, 2.45) is 12.1 Å². The van der Waals surface area contributed by atoms with E-state index in [-0.39, 0.29) is 5.75 Å². The lowest BCUT2D eigenvalue weighted by atomic mass is 10.2. The Labute approximate surface area is 142 Å². The molecule has 9 heteroatoms.